The molecule has 0 spiro atoms. The van der Waals surface area contributed by atoms with Crippen molar-refractivity contribution in [1.82, 2.24) is 15.3 Å². The van der Waals surface area contributed by atoms with Crippen LogP contribution < -0.4 is 15.4 Å². The quantitative estimate of drug-likeness (QED) is 0.414. The molecule has 0 fully saturated rings. The maximum Gasteiger partial charge on any atom is 0.274 e. The van der Waals surface area contributed by atoms with Crippen molar-refractivity contribution in [3.05, 3.63) is 102 Å². The molecule has 164 valence electrons. The first-order valence-electron chi connectivity index (χ1n) is 10.0. The molecule has 0 saturated carbocycles. The number of aromatic nitrogens is 2. The fourth-order valence-electron chi connectivity index (χ4n) is 3.04. The van der Waals surface area contributed by atoms with E-state index in [4.69, 9.17) is 16.3 Å². The Kier molecular flexibility index (Phi) is 6.61. The van der Waals surface area contributed by atoms with Gasteiger partial charge in [-0.15, -0.1) is 0 Å². The summed E-state index contributed by atoms with van der Waals surface area (Å²) < 4.78 is 5.78. The zero-order valence-electron chi connectivity index (χ0n) is 17.6. The summed E-state index contributed by atoms with van der Waals surface area (Å²) in [5.74, 6) is 0.393. The van der Waals surface area contributed by atoms with Crippen LogP contribution in [0.4, 0.5) is 5.69 Å². The fourth-order valence-corrected chi connectivity index (χ4v) is 3.17. The van der Waals surface area contributed by atoms with Crippen LogP contribution in [0.25, 0.3) is 11.1 Å². The molecule has 4 aromatic rings. The highest BCUT2D eigenvalue weighted by Gasteiger charge is 2.10. The average Bonchev–Trinajstić information content (AvgIpc) is 2.85. The molecule has 2 heterocycles. The largest absolute Gasteiger partial charge is 0.457 e. The average molecular weight is 459 g/mol. The van der Waals surface area contributed by atoms with Gasteiger partial charge in [-0.1, -0.05) is 23.7 Å². The maximum atomic E-state index is 12.7. The molecule has 2 N–H and O–H groups in total. The third-order valence-corrected chi connectivity index (χ3v) is 4.96. The molecule has 0 aliphatic carbocycles. The number of nitrogens with one attached hydrogen (secondary N) is 2. The Morgan fingerprint density at radius 2 is 1.42 bits per heavy atom. The van der Waals surface area contributed by atoms with E-state index in [0.29, 0.717) is 27.9 Å². The van der Waals surface area contributed by atoms with Gasteiger partial charge in [0.2, 0.25) is 0 Å². The predicted octanol–water partition coefficient (Wildman–Crippen LogP) is 5.20. The first kappa shape index (κ1) is 22.0. The number of amides is 2. The molecule has 4 rings (SSSR count). The summed E-state index contributed by atoms with van der Waals surface area (Å²) >= 11 is 5.95. The second kappa shape index (κ2) is 9.93. The highest BCUT2D eigenvalue weighted by molar-refractivity contribution is 6.30. The predicted molar refractivity (Wildman–Crippen MR) is 127 cm³/mol. The molecule has 2 aromatic carbocycles. The summed E-state index contributed by atoms with van der Waals surface area (Å²) in [6, 6.07) is 21.0. The number of carbonyl (C=O) groups excluding carboxylic acids is 2. The van der Waals surface area contributed by atoms with Crippen LogP contribution in [-0.4, -0.2) is 28.8 Å². The number of carbonyl (C=O) groups is 2. The molecule has 0 atom stereocenters. The van der Waals surface area contributed by atoms with Crippen molar-refractivity contribution in [2.45, 2.75) is 0 Å². The van der Waals surface area contributed by atoms with Gasteiger partial charge in [-0.2, -0.15) is 0 Å². The minimum Gasteiger partial charge on any atom is -0.457 e. The monoisotopic (exact) mass is 458 g/mol. The number of halogens is 1. The van der Waals surface area contributed by atoms with Gasteiger partial charge in [0.15, 0.2) is 0 Å². The Morgan fingerprint density at radius 1 is 0.758 bits per heavy atom. The molecule has 2 amide bonds. The first-order chi connectivity index (χ1) is 16.0. The van der Waals surface area contributed by atoms with Crippen LogP contribution >= 0.6 is 11.6 Å². The van der Waals surface area contributed by atoms with Crippen LogP contribution in [0.5, 0.6) is 11.5 Å². The number of hydrogen-bond donors (Lipinski definition) is 2. The van der Waals surface area contributed by atoms with Crippen LogP contribution in [0.1, 0.15) is 21.0 Å². The minimum atomic E-state index is -0.330. The van der Waals surface area contributed by atoms with Crippen LogP contribution in [0.3, 0.4) is 0 Å². The van der Waals surface area contributed by atoms with E-state index in [2.05, 4.69) is 20.6 Å². The molecule has 7 nitrogen and oxygen atoms in total. The molecule has 2 aromatic heterocycles. The van der Waals surface area contributed by atoms with Gasteiger partial charge in [0, 0.05) is 36.2 Å². The zero-order valence-corrected chi connectivity index (χ0v) is 18.3. The van der Waals surface area contributed by atoms with Gasteiger partial charge in [-0.3, -0.25) is 19.6 Å². The summed E-state index contributed by atoms with van der Waals surface area (Å²) in [4.78, 5) is 32.6. The van der Waals surface area contributed by atoms with E-state index in [1.165, 1.54) is 13.2 Å². The van der Waals surface area contributed by atoms with Gasteiger partial charge >= 0.3 is 0 Å². The fraction of sp³-hybridized carbons (Fsp3) is 0.0400. The molecule has 8 heteroatoms. The van der Waals surface area contributed by atoms with E-state index < -0.39 is 0 Å². The highest BCUT2D eigenvalue weighted by Crippen LogP contribution is 2.24. The number of hydrogen-bond acceptors (Lipinski definition) is 5. The number of anilines is 1. The SMILES string of the molecule is CNC(=O)c1cc(Oc2ccc(NC(=O)c3cc(-c4ccc(Cl)cc4)ccn3)cc2)ccn1. The Bertz CT molecular complexity index is 1290. The maximum absolute atomic E-state index is 12.7. The van der Waals surface area contributed by atoms with Crippen molar-refractivity contribution in [3.63, 3.8) is 0 Å². The zero-order chi connectivity index (χ0) is 23.2. The highest BCUT2D eigenvalue weighted by atomic mass is 35.5. The standard InChI is InChI=1S/C25H19ClN4O3/c1-27-24(31)23-15-21(11-13-29-23)33-20-8-6-19(7-9-20)30-25(32)22-14-17(10-12-28-22)16-2-4-18(26)5-3-16/h2-15H,1H3,(H,27,31)(H,30,32). The molecular formula is C25H19ClN4O3. The molecular weight excluding hydrogens is 440 g/mol. The van der Waals surface area contributed by atoms with Crippen molar-refractivity contribution >= 4 is 29.1 Å². The van der Waals surface area contributed by atoms with Gasteiger partial charge in [0.05, 0.1) is 0 Å². The lowest BCUT2D eigenvalue weighted by Crippen LogP contribution is -2.18. The molecule has 0 aliphatic rings. The van der Waals surface area contributed by atoms with Crippen LogP contribution in [-0.2, 0) is 0 Å². The Hall–Kier alpha value is -4.23. The van der Waals surface area contributed by atoms with E-state index in [1.54, 1.807) is 60.8 Å². The van der Waals surface area contributed by atoms with Crippen LogP contribution in [0, 0.1) is 0 Å². The van der Waals surface area contributed by atoms with Crippen molar-refractivity contribution in [2.24, 2.45) is 0 Å². The number of rotatable bonds is 6. The van der Waals surface area contributed by atoms with Crippen LogP contribution in [0.15, 0.2) is 85.2 Å². The number of pyridine rings is 2. The van der Waals surface area contributed by atoms with Gasteiger partial charge in [0.1, 0.15) is 22.9 Å². The summed E-state index contributed by atoms with van der Waals surface area (Å²) in [6.45, 7) is 0. The minimum absolute atomic E-state index is 0.257. The lowest BCUT2D eigenvalue weighted by molar-refractivity contribution is 0.0957. The third kappa shape index (κ3) is 5.53. The van der Waals surface area contributed by atoms with E-state index in [0.717, 1.165) is 11.1 Å². The molecule has 0 radical (unpaired) electrons. The van der Waals surface area contributed by atoms with Gasteiger partial charge in [-0.05, 0) is 65.7 Å². The summed E-state index contributed by atoms with van der Waals surface area (Å²) in [5.41, 5.74) is 2.94. The summed E-state index contributed by atoms with van der Waals surface area (Å²) in [5, 5.41) is 5.99. The summed E-state index contributed by atoms with van der Waals surface area (Å²) in [7, 11) is 1.54. The number of nitrogens with zero attached hydrogens (tertiary/aromatic N) is 2. The topological polar surface area (TPSA) is 93.2 Å². The smallest absolute Gasteiger partial charge is 0.274 e. The van der Waals surface area contributed by atoms with E-state index in [9.17, 15) is 9.59 Å². The van der Waals surface area contributed by atoms with Gasteiger partial charge < -0.3 is 15.4 Å². The molecule has 0 bridgehead atoms. The van der Waals surface area contributed by atoms with Crippen LogP contribution in [0.2, 0.25) is 5.02 Å². The second-order valence-electron chi connectivity index (χ2n) is 6.97. The lowest BCUT2D eigenvalue weighted by atomic mass is 10.1. The van der Waals surface area contributed by atoms with E-state index in [-0.39, 0.29) is 17.5 Å². The molecule has 0 unspecified atom stereocenters. The van der Waals surface area contributed by atoms with Crippen molar-refractivity contribution in [1.29, 1.82) is 0 Å². The normalized spacial score (nSPS) is 10.4. The molecule has 0 saturated heterocycles. The first-order valence-corrected chi connectivity index (χ1v) is 10.4. The van der Waals surface area contributed by atoms with Crippen molar-refractivity contribution in [3.8, 4) is 22.6 Å². The van der Waals surface area contributed by atoms with Crippen molar-refractivity contribution < 1.29 is 14.3 Å². The third-order valence-electron chi connectivity index (χ3n) is 4.71. The number of benzene rings is 2. The Morgan fingerprint density at radius 3 is 2.12 bits per heavy atom. The van der Waals surface area contributed by atoms with E-state index in [1.807, 2.05) is 18.2 Å². The second-order valence-corrected chi connectivity index (χ2v) is 7.41. The lowest BCUT2D eigenvalue weighted by Gasteiger charge is -2.09. The van der Waals surface area contributed by atoms with E-state index >= 15 is 0 Å². The molecule has 0 aliphatic heterocycles. The Balaban J connectivity index is 1.43. The van der Waals surface area contributed by atoms with Gasteiger partial charge in [0.25, 0.3) is 11.8 Å². The number of ether oxygens (including phenoxy) is 1. The van der Waals surface area contributed by atoms with Gasteiger partial charge in [-0.25, -0.2) is 0 Å². The molecule has 33 heavy (non-hydrogen) atoms. The summed E-state index contributed by atoms with van der Waals surface area (Å²) in [6.07, 6.45) is 3.09. The Labute approximate surface area is 195 Å². The van der Waals surface area contributed by atoms with Crippen molar-refractivity contribution in [2.75, 3.05) is 12.4 Å².